The minimum absolute atomic E-state index is 0.217. The molecular weight excluding hydrogens is 328 g/mol. The Bertz CT molecular complexity index is 592. The molecule has 1 aromatic heterocycles. The number of likely N-dealkylation sites (N-methyl/N-ethyl adjacent to an activating group) is 1. The van der Waals surface area contributed by atoms with Crippen LogP contribution in [0.4, 0.5) is 0 Å². The molecule has 2 rings (SSSR count). The van der Waals surface area contributed by atoms with E-state index in [0.717, 1.165) is 18.8 Å². The van der Waals surface area contributed by atoms with Crippen LogP contribution in [-0.2, 0) is 13.0 Å². The summed E-state index contributed by atoms with van der Waals surface area (Å²) in [5.74, 6) is 1.58. The molecule has 0 bridgehead atoms. The van der Waals surface area contributed by atoms with Crippen LogP contribution < -0.4 is 5.32 Å². The van der Waals surface area contributed by atoms with E-state index in [1.807, 2.05) is 11.7 Å². The minimum Gasteiger partial charge on any atom is -0.313 e. The zero-order chi connectivity index (χ0) is 15.4. The normalized spacial score (nSPS) is 12.9. The smallest absolute Gasteiger partial charge is 0.138 e. The van der Waals surface area contributed by atoms with Crippen molar-refractivity contribution in [3.8, 4) is 0 Å². The van der Waals surface area contributed by atoms with Crippen LogP contribution in [0.3, 0.4) is 0 Å². The molecule has 1 aromatic carbocycles. The average Bonchev–Trinajstić information content (AvgIpc) is 2.86. The molecule has 1 unspecified atom stereocenters. The summed E-state index contributed by atoms with van der Waals surface area (Å²) in [4.78, 5) is 4.43. The summed E-state index contributed by atoms with van der Waals surface area (Å²) < 4.78 is 3.18. The molecule has 0 aliphatic heterocycles. The van der Waals surface area contributed by atoms with Gasteiger partial charge in [-0.2, -0.15) is 5.10 Å². The van der Waals surface area contributed by atoms with E-state index in [-0.39, 0.29) is 6.04 Å². The molecule has 0 saturated carbocycles. The van der Waals surface area contributed by atoms with Gasteiger partial charge in [0.15, 0.2) is 0 Å². The summed E-state index contributed by atoms with van der Waals surface area (Å²) in [5.41, 5.74) is 2.51. The van der Waals surface area contributed by atoms with E-state index in [9.17, 15) is 0 Å². The standard InChI is InChI=1S/C16H23BrN4/c1-11(2)9-21-15(19-10-20-21)8-14(18-4)13-7-5-6-12(3)16(13)17/h5-7,10-11,14,18H,8-9H2,1-4H3. The van der Waals surface area contributed by atoms with Gasteiger partial charge in [-0.1, -0.05) is 48.0 Å². The Morgan fingerprint density at radius 1 is 1.33 bits per heavy atom. The third-order valence-electron chi connectivity index (χ3n) is 3.57. The number of hydrogen-bond acceptors (Lipinski definition) is 3. The van der Waals surface area contributed by atoms with Crippen molar-refractivity contribution in [3.05, 3.63) is 46.0 Å². The highest BCUT2D eigenvalue weighted by atomic mass is 79.9. The second-order valence-electron chi connectivity index (χ2n) is 5.78. The summed E-state index contributed by atoms with van der Waals surface area (Å²) in [7, 11) is 1.99. The maximum atomic E-state index is 4.43. The van der Waals surface area contributed by atoms with Crippen LogP contribution in [0.15, 0.2) is 29.0 Å². The lowest BCUT2D eigenvalue weighted by Gasteiger charge is -2.19. The molecule has 2 aromatic rings. The predicted molar refractivity (Wildman–Crippen MR) is 89.2 cm³/mol. The molecule has 21 heavy (non-hydrogen) atoms. The Kier molecular flexibility index (Phi) is 5.53. The van der Waals surface area contributed by atoms with Crippen molar-refractivity contribution in [2.45, 2.75) is 39.8 Å². The molecule has 0 saturated heterocycles. The van der Waals surface area contributed by atoms with Gasteiger partial charge < -0.3 is 5.32 Å². The molecule has 0 aliphatic rings. The third-order valence-corrected chi connectivity index (χ3v) is 4.65. The van der Waals surface area contributed by atoms with Crippen molar-refractivity contribution in [1.82, 2.24) is 20.1 Å². The van der Waals surface area contributed by atoms with E-state index < -0.39 is 0 Å². The summed E-state index contributed by atoms with van der Waals surface area (Å²) in [6, 6.07) is 6.58. The fraction of sp³-hybridized carbons (Fsp3) is 0.500. The zero-order valence-corrected chi connectivity index (χ0v) is 14.7. The first-order valence-electron chi connectivity index (χ1n) is 7.31. The second kappa shape index (κ2) is 7.18. The topological polar surface area (TPSA) is 42.7 Å². The molecule has 114 valence electrons. The van der Waals surface area contributed by atoms with Crippen molar-refractivity contribution < 1.29 is 0 Å². The number of nitrogens with zero attached hydrogens (tertiary/aromatic N) is 3. The van der Waals surface area contributed by atoms with E-state index in [1.165, 1.54) is 15.6 Å². The number of aromatic nitrogens is 3. The third kappa shape index (κ3) is 3.92. The van der Waals surface area contributed by atoms with Gasteiger partial charge in [0.2, 0.25) is 0 Å². The summed E-state index contributed by atoms with van der Waals surface area (Å²) >= 11 is 3.70. The molecule has 1 N–H and O–H groups in total. The van der Waals surface area contributed by atoms with Crippen LogP contribution in [0.25, 0.3) is 0 Å². The number of rotatable bonds is 6. The van der Waals surface area contributed by atoms with Crippen LogP contribution in [-0.4, -0.2) is 21.8 Å². The van der Waals surface area contributed by atoms with Gasteiger partial charge in [-0.3, -0.25) is 0 Å². The first-order chi connectivity index (χ1) is 10.0. The Balaban J connectivity index is 2.24. The highest BCUT2D eigenvalue weighted by molar-refractivity contribution is 9.10. The first kappa shape index (κ1) is 16.2. The molecule has 1 heterocycles. The lowest BCUT2D eigenvalue weighted by molar-refractivity contribution is 0.451. The first-order valence-corrected chi connectivity index (χ1v) is 8.11. The van der Waals surface area contributed by atoms with Crippen molar-refractivity contribution in [2.75, 3.05) is 7.05 Å². The van der Waals surface area contributed by atoms with Crippen LogP contribution in [0.2, 0.25) is 0 Å². The van der Waals surface area contributed by atoms with Crippen molar-refractivity contribution in [1.29, 1.82) is 0 Å². The lowest BCUT2D eigenvalue weighted by atomic mass is 10.0. The van der Waals surface area contributed by atoms with E-state index in [4.69, 9.17) is 0 Å². The highest BCUT2D eigenvalue weighted by Crippen LogP contribution is 2.28. The number of halogens is 1. The van der Waals surface area contributed by atoms with Crippen molar-refractivity contribution in [2.24, 2.45) is 5.92 Å². The van der Waals surface area contributed by atoms with Gasteiger partial charge >= 0.3 is 0 Å². The Morgan fingerprint density at radius 2 is 2.10 bits per heavy atom. The van der Waals surface area contributed by atoms with Crippen LogP contribution in [0.1, 0.15) is 36.8 Å². The number of hydrogen-bond donors (Lipinski definition) is 1. The molecule has 0 aliphatic carbocycles. The zero-order valence-electron chi connectivity index (χ0n) is 13.1. The fourth-order valence-corrected chi connectivity index (χ4v) is 2.97. The van der Waals surface area contributed by atoms with E-state index in [1.54, 1.807) is 6.33 Å². The van der Waals surface area contributed by atoms with E-state index in [2.05, 4.69) is 70.3 Å². The molecule has 0 fully saturated rings. The Morgan fingerprint density at radius 3 is 2.76 bits per heavy atom. The second-order valence-corrected chi connectivity index (χ2v) is 6.57. The molecule has 0 radical (unpaired) electrons. The Hall–Kier alpha value is -1.20. The van der Waals surface area contributed by atoms with Gasteiger partial charge in [0, 0.05) is 23.5 Å². The van der Waals surface area contributed by atoms with Gasteiger partial charge in [-0.25, -0.2) is 9.67 Å². The number of nitrogens with one attached hydrogen (secondary N) is 1. The fourth-order valence-electron chi connectivity index (χ4n) is 2.43. The molecule has 0 amide bonds. The van der Waals surface area contributed by atoms with Gasteiger partial charge in [-0.15, -0.1) is 0 Å². The van der Waals surface area contributed by atoms with Gasteiger partial charge in [0.1, 0.15) is 12.2 Å². The highest BCUT2D eigenvalue weighted by Gasteiger charge is 2.17. The largest absolute Gasteiger partial charge is 0.313 e. The molecule has 4 nitrogen and oxygen atoms in total. The molecular formula is C16H23BrN4. The summed E-state index contributed by atoms with van der Waals surface area (Å²) in [6.07, 6.45) is 2.47. The monoisotopic (exact) mass is 350 g/mol. The van der Waals surface area contributed by atoms with Gasteiger partial charge in [-0.05, 0) is 31.0 Å². The van der Waals surface area contributed by atoms with E-state index in [0.29, 0.717) is 5.92 Å². The average molecular weight is 351 g/mol. The van der Waals surface area contributed by atoms with Gasteiger partial charge in [0.25, 0.3) is 0 Å². The van der Waals surface area contributed by atoms with Gasteiger partial charge in [0.05, 0.1) is 0 Å². The lowest BCUT2D eigenvalue weighted by Crippen LogP contribution is -2.22. The molecule has 5 heteroatoms. The van der Waals surface area contributed by atoms with Crippen LogP contribution >= 0.6 is 15.9 Å². The maximum Gasteiger partial charge on any atom is 0.138 e. The quantitative estimate of drug-likeness (QED) is 0.866. The van der Waals surface area contributed by atoms with Crippen molar-refractivity contribution in [3.63, 3.8) is 0 Å². The maximum absolute atomic E-state index is 4.43. The predicted octanol–water partition coefficient (Wildman–Crippen LogP) is 3.51. The summed E-state index contributed by atoms with van der Waals surface area (Å²) in [5, 5.41) is 7.74. The van der Waals surface area contributed by atoms with Crippen LogP contribution in [0, 0.1) is 12.8 Å². The van der Waals surface area contributed by atoms with E-state index >= 15 is 0 Å². The van der Waals surface area contributed by atoms with Crippen LogP contribution in [0.5, 0.6) is 0 Å². The number of benzene rings is 1. The number of aryl methyl sites for hydroxylation is 1. The Labute approximate surface area is 135 Å². The SMILES string of the molecule is CNC(Cc1ncnn1CC(C)C)c1cccc(C)c1Br. The van der Waals surface area contributed by atoms with Crippen molar-refractivity contribution >= 4 is 15.9 Å². The summed E-state index contributed by atoms with van der Waals surface area (Å²) in [6.45, 7) is 7.40. The minimum atomic E-state index is 0.217. The molecule has 0 spiro atoms. The molecule has 1 atom stereocenters.